The Morgan fingerprint density at radius 2 is 1.85 bits per heavy atom. The van der Waals surface area contributed by atoms with Crippen LogP contribution >= 0.6 is 0 Å². The van der Waals surface area contributed by atoms with Gasteiger partial charge in [0.1, 0.15) is 11.5 Å². The zero-order valence-corrected chi connectivity index (χ0v) is 11.0. The Labute approximate surface area is 113 Å². The number of hydrogen-bond acceptors (Lipinski definition) is 4. The van der Waals surface area contributed by atoms with Crippen molar-refractivity contribution in [3.05, 3.63) is 62.6 Å². The van der Waals surface area contributed by atoms with Crippen LogP contribution in [0.25, 0.3) is 16.9 Å². The number of nitrogens with one attached hydrogen (secondary N) is 1. The maximum absolute atomic E-state index is 12.5. The third kappa shape index (κ3) is 1.82. The molecule has 0 amide bonds. The fourth-order valence-corrected chi connectivity index (χ4v) is 2.13. The number of fused-ring (bicyclic) bond motifs is 1. The fourth-order valence-electron chi connectivity index (χ4n) is 2.13. The van der Waals surface area contributed by atoms with Gasteiger partial charge in [-0.2, -0.15) is 0 Å². The Balaban J connectivity index is 2.46. The highest BCUT2D eigenvalue weighted by atomic mass is 16.2. The molecule has 100 valence electrons. The van der Waals surface area contributed by atoms with E-state index in [1.54, 1.807) is 37.5 Å². The van der Waals surface area contributed by atoms with Gasteiger partial charge in [-0.25, -0.2) is 19.3 Å². The quantitative estimate of drug-likeness (QED) is 0.716. The van der Waals surface area contributed by atoms with Crippen LogP contribution in [0.3, 0.4) is 0 Å². The molecule has 0 fully saturated rings. The Hall–Kier alpha value is -2.76. The van der Waals surface area contributed by atoms with Gasteiger partial charge in [0.25, 0.3) is 5.56 Å². The molecule has 0 saturated carbocycles. The standard InChI is InChI=1S/C14H12N4O2/c1-8-3-5-15-10(7-8)18-13(19)11-9(2)4-6-16-12(11)17-14(18)20/h3-7H,1-2H3,(H,16,17,20). The third-order valence-corrected chi connectivity index (χ3v) is 3.13. The average molecular weight is 268 g/mol. The first kappa shape index (κ1) is 12.3. The molecule has 0 atom stereocenters. The minimum absolute atomic E-state index is 0.295. The summed E-state index contributed by atoms with van der Waals surface area (Å²) in [6.45, 7) is 3.68. The van der Waals surface area contributed by atoms with Crippen molar-refractivity contribution in [3.63, 3.8) is 0 Å². The molecule has 6 nitrogen and oxygen atoms in total. The van der Waals surface area contributed by atoms with E-state index in [4.69, 9.17) is 0 Å². The molecule has 0 unspecified atom stereocenters. The minimum Gasteiger partial charge on any atom is -0.291 e. The van der Waals surface area contributed by atoms with Gasteiger partial charge in [0, 0.05) is 12.4 Å². The van der Waals surface area contributed by atoms with E-state index in [2.05, 4.69) is 15.0 Å². The molecule has 0 aliphatic rings. The molecular weight excluding hydrogens is 256 g/mol. The van der Waals surface area contributed by atoms with Crippen molar-refractivity contribution in [1.82, 2.24) is 19.5 Å². The van der Waals surface area contributed by atoms with Gasteiger partial charge in [0.2, 0.25) is 0 Å². The van der Waals surface area contributed by atoms with Crippen LogP contribution in [0.1, 0.15) is 11.1 Å². The van der Waals surface area contributed by atoms with E-state index < -0.39 is 11.2 Å². The van der Waals surface area contributed by atoms with E-state index in [1.165, 1.54) is 0 Å². The molecule has 0 spiro atoms. The van der Waals surface area contributed by atoms with Crippen LogP contribution in [0.2, 0.25) is 0 Å². The smallest absolute Gasteiger partial charge is 0.291 e. The minimum atomic E-state index is -0.543. The lowest BCUT2D eigenvalue weighted by Crippen LogP contribution is -2.34. The molecule has 20 heavy (non-hydrogen) atoms. The zero-order valence-electron chi connectivity index (χ0n) is 11.0. The first-order valence-corrected chi connectivity index (χ1v) is 6.11. The van der Waals surface area contributed by atoms with Crippen LogP contribution in [0.5, 0.6) is 0 Å². The lowest BCUT2D eigenvalue weighted by Gasteiger charge is -2.06. The maximum Gasteiger partial charge on any atom is 0.335 e. The second-order valence-electron chi connectivity index (χ2n) is 4.61. The molecular formula is C14H12N4O2. The van der Waals surface area contributed by atoms with Crippen molar-refractivity contribution in [1.29, 1.82) is 0 Å². The van der Waals surface area contributed by atoms with Crippen molar-refractivity contribution in [3.8, 4) is 5.82 Å². The molecule has 0 aliphatic carbocycles. The molecule has 6 heteroatoms. The van der Waals surface area contributed by atoms with E-state index >= 15 is 0 Å². The highest BCUT2D eigenvalue weighted by molar-refractivity contribution is 5.77. The average Bonchev–Trinajstić information content (AvgIpc) is 2.38. The summed E-state index contributed by atoms with van der Waals surface area (Å²) in [5, 5.41) is 0.399. The maximum atomic E-state index is 12.5. The van der Waals surface area contributed by atoms with E-state index in [0.29, 0.717) is 16.9 Å². The van der Waals surface area contributed by atoms with Gasteiger partial charge in [-0.3, -0.25) is 9.78 Å². The van der Waals surface area contributed by atoms with E-state index in [1.807, 2.05) is 6.92 Å². The number of H-pyrrole nitrogens is 1. The van der Waals surface area contributed by atoms with Crippen LogP contribution in [0, 0.1) is 13.8 Å². The normalized spacial score (nSPS) is 10.9. The molecule has 3 aromatic rings. The van der Waals surface area contributed by atoms with Gasteiger partial charge >= 0.3 is 5.69 Å². The number of nitrogens with zero attached hydrogens (tertiary/aromatic N) is 3. The summed E-state index contributed by atoms with van der Waals surface area (Å²) < 4.78 is 1.03. The lowest BCUT2D eigenvalue weighted by atomic mass is 10.2. The van der Waals surface area contributed by atoms with E-state index in [9.17, 15) is 9.59 Å². The number of hydrogen-bond donors (Lipinski definition) is 1. The van der Waals surface area contributed by atoms with Gasteiger partial charge in [0.15, 0.2) is 0 Å². The lowest BCUT2D eigenvalue weighted by molar-refractivity contribution is 0.861. The van der Waals surface area contributed by atoms with Crippen molar-refractivity contribution in [2.75, 3.05) is 0 Å². The van der Waals surface area contributed by atoms with Crippen LogP contribution in [0.15, 0.2) is 40.2 Å². The molecule has 0 aliphatic heterocycles. The summed E-state index contributed by atoms with van der Waals surface area (Å²) in [6, 6.07) is 5.22. The Kier molecular flexibility index (Phi) is 2.71. The van der Waals surface area contributed by atoms with Crippen molar-refractivity contribution in [2.24, 2.45) is 0 Å². The van der Waals surface area contributed by atoms with Gasteiger partial charge in [-0.15, -0.1) is 0 Å². The van der Waals surface area contributed by atoms with Gasteiger partial charge in [-0.05, 0) is 43.2 Å². The largest absolute Gasteiger partial charge is 0.335 e. The monoisotopic (exact) mass is 268 g/mol. The summed E-state index contributed by atoms with van der Waals surface area (Å²) in [5.74, 6) is 0.307. The van der Waals surface area contributed by atoms with Gasteiger partial charge in [-0.1, -0.05) is 0 Å². The van der Waals surface area contributed by atoms with Gasteiger partial charge < -0.3 is 0 Å². The molecule has 0 bridgehead atoms. The first-order valence-electron chi connectivity index (χ1n) is 6.11. The second-order valence-corrected chi connectivity index (χ2v) is 4.61. The van der Waals surface area contributed by atoms with Crippen molar-refractivity contribution < 1.29 is 0 Å². The number of aromatic amines is 1. The topological polar surface area (TPSA) is 80.6 Å². The fraction of sp³-hybridized carbons (Fsp3) is 0.143. The van der Waals surface area contributed by atoms with Crippen molar-refractivity contribution in [2.45, 2.75) is 13.8 Å². The van der Waals surface area contributed by atoms with Crippen LogP contribution < -0.4 is 11.2 Å². The summed E-state index contributed by atoms with van der Waals surface area (Å²) >= 11 is 0. The molecule has 0 saturated heterocycles. The third-order valence-electron chi connectivity index (χ3n) is 3.13. The van der Waals surface area contributed by atoms with Crippen LogP contribution in [-0.4, -0.2) is 19.5 Å². The molecule has 3 aromatic heterocycles. The summed E-state index contributed by atoms with van der Waals surface area (Å²) in [5.41, 5.74) is 1.03. The van der Waals surface area contributed by atoms with Gasteiger partial charge in [0.05, 0.1) is 5.39 Å². The number of pyridine rings is 2. The summed E-state index contributed by atoms with van der Waals surface area (Å²) in [4.78, 5) is 35.4. The Bertz CT molecular complexity index is 924. The first-order chi connectivity index (χ1) is 9.58. The molecule has 1 N–H and O–H groups in total. The molecule has 0 aromatic carbocycles. The highest BCUT2D eigenvalue weighted by Crippen LogP contribution is 2.09. The summed E-state index contributed by atoms with van der Waals surface area (Å²) in [7, 11) is 0. The van der Waals surface area contributed by atoms with Crippen molar-refractivity contribution >= 4 is 11.0 Å². The molecule has 3 rings (SSSR count). The number of aryl methyl sites for hydroxylation is 2. The predicted molar refractivity (Wildman–Crippen MR) is 75.2 cm³/mol. The highest BCUT2D eigenvalue weighted by Gasteiger charge is 2.12. The van der Waals surface area contributed by atoms with E-state index in [-0.39, 0.29) is 0 Å². The van der Waals surface area contributed by atoms with E-state index in [0.717, 1.165) is 15.7 Å². The van der Waals surface area contributed by atoms with Crippen LogP contribution in [-0.2, 0) is 0 Å². The predicted octanol–water partition coefficient (Wildman–Crippen LogP) is 1.09. The zero-order chi connectivity index (χ0) is 14.3. The Morgan fingerprint density at radius 1 is 1.10 bits per heavy atom. The second kappa shape index (κ2) is 4.41. The Morgan fingerprint density at radius 3 is 2.60 bits per heavy atom. The summed E-state index contributed by atoms with van der Waals surface area (Å²) in [6.07, 6.45) is 3.12. The van der Waals surface area contributed by atoms with Crippen LogP contribution in [0.4, 0.5) is 0 Å². The SMILES string of the molecule is Cc1ccnc(-n2c(=O)[nH]c3nccc(C)c3c2=O)c1. The number of aromatic nitrogens is 4. The number of rotatable bonds is 1. The molecule has 3 heterocycles. The molecule has 0 radical (unpaired) electrons.